The lowest BCUT2D eigenvalue weighted by Crippen LogP contribution is -2.50. The Hall–Kier alpha value is -3.05. The number of nitrogens with zero attached hydrogens (tertiary/aromatic N) is 2. The van der Waals surface area contributed by atoms with Gasteiger partial charge in [-0.2, -0.15) is 0 Å². The molecule has 0 saturated heterocycles. The molecule has 3 amide bonds. The van der Waals surface area contributed by atoms with Crippen LogP contribution in [-0.4, -0.2) is 73.5 Å². The number of likely N-dealkylation sites (N-methyl/N-ethyl adjacent to an activating group) is 1. The molecule has 1 fully saturated rings. The maximum absolute atomic E-state index is 13.7. The highest BCUT2D eigenvalue weighted by molar-refractivity contribution is 7.07. The first-order valence-electron chi connectivity index (χ1n) is 12.1. The van der Waals surface area contributed by atoms with Gasteiger partial charge in [-0.15, -0.1) is 11.3 Å². The summed E-state index contributed by atoms with van der Waals surface area (Å²) in [5, 5.41) is 10.5. The van der Waals surface area contributed by atoms with Crippen LogP contribution in [0.2, 0.25) is 0 Å². The van der Waals surface area contributed by atoms with Gasteiger partial charge in [0.15, 0.2) is 0 Å². The van der Waals surface area contributed by atoms with Crippen LogP contribution in [0.5, 0.6) is 5.75 Å². The number of rotatable bonds is 1. The topological polar surface area (TPSA) is 113 Å². The average molecular weight is 520 g/mol. The van der Waals surface area contributed by atoms with Crippen LogP contribution in [0.15, 0.2) is 29.1 Å². The van der Waals surface area contributed by atoms with Crippen LogP contribution in [0.4, 0.5) is 4.39 Å². The number of nitrogens with one attached hydrogen (secondary N) is 3. The second-order valence-electron chi connectivity index (χ2n) is 8.92. The van der Waals surface area contributed by atoms with Gasteiger partial charge in [-0.25, -0.2) is 4.39 Å². The number of hydrogen-bond acceptors (Lipinski definition) is 7. The summed E-state index contributed by atoms with van der Waals surface area (Å²) in [5.41, 5.74) is 3.80. The second-order valence-corrected chi connectivity index (χ2v) is 9.64. The third-order valence-corrected chi connectivity index (χ3v) is 6.52. The van der Waals surface area contributed by atoms with E-state index < -0.39 is 0 Å². The van der Waals surface area contributed by atoms with Crippen molar-refractivity contribution >= 4 is 29.1 Å². The number of halogens is 1. The van der Waals surface area contributed by atoms with Gasteiger partial charge in [0.1, 0.15) is 18.2 Å². The summed E-state index contributed by atoms with van der Waals surface area (Å²) in [6.45, 7) is 2.87. The summed E-state index contributed by atoms with van der Waals surface area (Å²) in [4.78, 5) is 42.1. The molecule has 1 aliphatic carbocycles. The quantitative estimate of drug-likeness (QED) is 0.528. The van der Waals surface area contributed by atoms with Gasteiger partial charge in [-0.1, -0.05) is 6.07 Å². The second kappa shape index (κ2) is 13.9. The van der Waals surface area contributed by atoms with E-state index in [0.29, 0.717) is 31.7 Å². The number of fused-ring (bicyclic) bond motifs is 1. The molecule has 3 N–H and O–H groups in total. The average Bonchev–Trinajstić information content (AvgIpc) is 3.58. The molecule has 0 spiro atoms. The molecule has 36 heavy (non-hydrogen) atoms. The fraction of sp³-hybridized carbons (Fsp3) is 0.520. The van der Waals surface area contributed by atoms with Crippen LogP contribution < -0.4 is 20.7 Å². The number of aryl methyl sites for hydroxylation is 2. The first kappa shape index (κ1) is 27.5. The largest absolute Gasteiger partial charge is 0.492 e. The number of hydrogen-bond donors (Lipinski definition) is 3. The highest BCUT2D eigenvalue weighted by Gasteiger charge is 2.37. The summed E-state index contributed by atoms with van der Waals surface area (Å²) in [6.07, 6.45) is 3.18. The van der Waals surface area contributed by atoms with Gasteiger partial charge in [0.2, 0.25) is 17.7 Å². The third-order valence-electron chi connectivity index (χ3n) is 5.82. The fourth-order valence-electron chi connectivity index (χ4n) is 3.74. The Labute approximate surface area is 214 Å². The van der Waals surface area contributed by atoms with Crippen LogP contribution in [0.25, 0.3) is 0 Å². The van der Waals surface area contributed by atoms with Crippen molar-refractivity contribution in [1.82, 2.24) is 25.8 Å². The number of amides is 3. The number of aromatic nitrogens is 1. The standard InChI is InChI=1S/C21H29FN4O4.C4H5NS/c1-26-13-19(28)25-12-18(27)23-8-2-3-14-6-7-16(22)11-17(14)30-10-9-24-20(21(26)29)15-4-5-15;1-4-2-6-3-5-4/h6-7,11,15,20,24H,2-5,8-10,12-13H2,1H3,(H,23,27)(H,25,28);2-3H,1H3. The Bertz CT molecular complexity index is 1020. The van der Waals surface area contributed by atoms with E-state index in [2.05, 4.69) is 20.9 Å². The van der Waals surface area contributed by atoms with E-state index in [1.807, 2.05) is 17.8 Å². The number of carbonyl (C=O) groups is 3. The Morgan fingerprint density at radius 2 is 1.94 bits per heavy atom. The normalized spacial score (nSPS) is 20.5. The molecule has 1 saturated carbocycles. The molecule has 0 radical (unpaired) electrons. The first-order chi connectivity index (χ1) is 17.3. The highest BCUT2D eigenvalue weighted by atomic mass is 32.1. The van der Waals surface area contributed by atoms with Gasteiger partial charge in [0.05, 0.1) is 24.6 Å². The smallest absolute Gasteiger partial charge is 0.240 e. The molecule has 2 aliphatic rings. The Morgan fingerprint density at radius 3 is 2.61 bits per heavy atom. The zero-order valence-electron chi connectivity index (χ0n) is 20.7. The summed E-state index contributed by atoms with van der Waals surface area (Å²) < 4.78 is 19.5. The van der Waals surface area contributed by atoms with Crippen molar-refractivity contribution in [2.45, 2.75) is 38.6 Å². The molecular formula is C25H34FN5O4S. The van der Waals surface area contributed by atoms with E-state index >= 15 is 0 Å². The minimum Gasteiger partial charge on any atom is -0.492 e. The van der Waals surface area contributed by atoms with Crippen LogP contribution in [0.3, 0.4) is 0 Å². The number of thiazole rings is 1. The van der Waals surface area contributed by atoms with E-state index in [4.69, 9.17) is 4.74 Å². The van der Waals surface area contributed by atoms with Gasteiger partial charge in [0, 0.05) is 37.3 Å². The lowest BCUT2D eigenvalue weighted by molar-refractivity contribution is -0.137. The molecule has 2 aromatic rings. The van der Waals surface area contributed by atoms with Crippen LogP contribution >= 0.6 is 11.3 Å². The molecule has 4 rings (SSSR count). The summed E-state index contributed by atoms with van der Waals surface area (Å²) >= 11 is 1.63. The minimum absolute atomic E-state index is 0.111. The molecule has 1 aromatic carbocycles. The molecule has 196 valence electrons. The zero-order valence-corrected chi connectivity index (χ0v) is 21.5. The number of ether oxygens (including phenoxy) is 1. The lowest BCUT2D eigenvalue weighted by Gasteiger charge is -2.24. The summed E-state index contributed by atoms with van der Waals surface area (Å²) in [5.74, 6) is -0.500. The van der Waals surface area contributed by atoms with Crippen LogP contribution in [0.1, 0.15) is 30.5 Å². The predicted octanol–water partition coefficient (Wildman–Crippen LogP) is 1.66. The highest BCUT2D eigenvalue weighted by Crippen LogP contribution is 2.33. The van der Waals surface area contributed by atoms with E-state index in [9.17, 15) is 18.8 Å². The van der Waals surface area contributed by atoms with Crippen molar-refractivity contribution in [1.29, 1.82) is 0 Å². The molecular weight excluding hydrogens is 485 g/mol. The van der Waals surface area contributed by atoms with Crippen molar-refractivity contribution < 1.29 is 23.5 Å². The molecule has 2 heterocycles. The molecule has 11 heteroatoms. The first-order valence-corrected chi connectivity index (χ1v) is 13.1. The molecule has 1 aliphatic heterocycles. The zero-order chi connectivity index (χ0) is 25.9. The lowest BCUT2D eigenvalue weighted by atomic mass is 10.1. The van der Waals surface area contributed by atoms with Gasteiger partial charge in [0.25, 0.3) is 0 Å². The molecule has 1 unspecified atom stereocenters. The van der Waals surface area contributed by atoms with E-state index in [1.165, 1.54) is 17.0 Å². The minimum atomic E-state index is -0.388. The molecule has 1 atom stereocenters. The maximum Gasteiger partial charge on any atom is 0.240 e. The molecule has 0 bridgehead atoms. The summed E-state index contributed by atoms with van der Waals surface area (Å²) in [7, 11) is 1.58. The van der Waals surface area contributed by atoms with Crippen molar-refractivity contribution in [2.24, 2.45) is 5.92 Å². The third kappa shape index (κ3) is 9.19. The predicted molar refractivity (Wildman–Crippen MR) is 135 cm³/mol. The Morgan fingerprint density at radius 1 is 1.14 bits per heavy atom. The van der Waals surface area contributed by atoms with E-state index in [1.54, 1.807) is 24.5 Å². The SMILES string of the molecule is CN1CC(=O)NCC(=O)NCCCc2ccc(F)cc2OCCNC(C2CC2)C1=O.Cc1cscn1. The van der Waals surface area contributed by atoms with Crippen molar-refractivity contribution in [2.75, 3.05) is 39.8 Å². The van der Waals surface area contributed by atoms with Gasteiger partial charge < -0.3 is 25.6 Å². The van der Waals surface area contributed by atoms with Crippen molar-refractivity contribution in [3.8, 4) is 5.75 Å². The van der Waals surface area contributed by atoms with Gasteiger partial charge in [-0.05, 0) is 50.2 Å². The van der Waals surface area contributed by atoms with Crippen LogP contribution in [-0.2, 0) is 20.8 Å². The van der Waals surface area contributed by atoms with Crippen molar-refractivity contribution in [3.05, 3.63) is 46.2 Å². The van der Waals surface area contributed by atoms with E-state index in [-0.39, 0.29) is 55.2 Å². The Kier molecular flexibility index (Phi) is 10.6. The van der Waals surface area contributed by atoms with E-state index in [0.717, 1.165) is 24.1 Å². The fourth-order valence-corrected chi connectivity index (χ4v) is 4.28. The van der Waals surface area contributed by atoms with Gasteiger partial charge in [-0.3, -0.25) is 19.4 Å². The number of benzene rings is 1. The van der Waals surface area contributed by atoms with Crippen LogP contribution in [0, 0.1) is 18.7 Å². The Balaban J connectivity index is 0.000000526. The monoisotopic (exact) mass is 519 g/mol. The van der Waals surface area contributed by atoms with Crippen molar-refractivity contribution in [3.63, 3.8) is 0 Å². The maximum atomic E-state index is 13.7. The molecule has 1 aromatic heterocycles. The number of carbonyl (C=O) groups excluding carboxylic acids is 3. The molecule has 9 nitrogen and oxygen atoms in total. The van der Waals surface area contributed by atoms with Gasteiger partial charge >= 0.3 is 0 Å². The summed E-state index contributed by atoms with van der Waals surface area (Å²) in [6, 6.07) is 4.04.